The van der Waals surface area contributed by atoms with E-state index in [1.807, 2.05) is 30.3 Å². The van der Waals surface area contributed by atoms with Crippen LogP contribution in [0, 0.1) is 0 Å². The molecule has 0 aliphatic carbocycles. The van der Waals surface area contributed by atoms with Gasteiger partial charge in [0.1, 0.15) is 6.54 Å². The molecule has 27 heavy (non-hydrogen) atoms. The Morgan fingerprint density at radius 3 is 2.52 bits per heavy atom. The Morgan fingerprint density at radius 1 is 1.07 bits per heavy atom. The molecular formula is C19H18F3N3O2. The second-order valence-corrected chi connectivity index (χ2v) is 6.23. The number of aryl methyl sites for hydroxylation is 1. The van der Waals surface area contributed by atoms with Gasteiger partial charge in [-0.3, -0.25) is 4.79 Å². The molecule has 8 heteroatoms. The molecule has 0 aromatic heterocycles. The summed E-state index contributed by atoms with van der Waals surface area (Å²) in [6, 6.07) is 13.5. The standard InChI is InChI=1S/C19H18F3N3O2/c20-19(21,22)12-25-16-8-7-15(10-14(16)6-9-17(25)26)24-18(27)23-11-13-4-2-1-3-5-13/h1-5,7-8,10H,6,9,11-12H2,(H2,23,24,27). The third-order valence-electron chi connectivity index (χ3n) is 4.17. The molecule has 0 unspecified atom stereocenters. The fourth-order valence-corrected chi connectivity index (χ4v) is 2.94. The third kappa shape index (κ3) is 4.99. The third-order valence-corrected chi connectivity index (χ3v) is 4.17. The quantitative estimate of drug-likeness (QED) is 0.850. The smallest absolute Gasteiger partial charge is 0.334 e. The monoisotopic (exact) mass is 377 g/mol. The normalized spacial score (nSPS) is 13.9. The zero-order valence-electron chi connectivity index (χ0n) is 14.3. The van der Waals surface area contributed by atoms with Crippen LogP contribution >= 0.6 is 0 Å². The van der Waals surface area contributed by atoms with E-state index in [0.29, 0.717) is 24.2 Å². The highest BCUT2D eigenvalue weighted by molar-refractivity contribution is 5.97. The van der Waals surface area contributed by atoms with Gasteiger partial charge in [-0.2, -0.15) is 13.2 Å². The highest BCUT2D eigenvalue weighted by Crippen LogP contribution is 2.32. The van der Waals surface area contributed by atoms with Crippen LogP contribution in [0.15, 0.2) is 48.5 Å². The SMILES string of the molecule is O=C(NCc1ccccc1)Nc1ccc2c(c1)CCC(=O)N2CC(F)(F)F. The first-order valence-electron chi connectivity index (χ1n) is 8.41. The lowest BCUT2D eigenvalue weighted by Crippen LogP contribution is -2.41. The summed E-state index contributed by atoms with van der Waals surface area (Å²) in [7, 11) is 0. The van der Waals surface area contributed by atoms with E-state index < -0.39 is 24.7 Å². The molecule has 0 spiro atoms. The molecule has 1 heterocycles. The molecule has 5 nitrogen and oxygen atoms in total. The summed E-state index contributed by atoms with van der Waals surface area (Å²) in [6.07, 6.45) is -4.13. The highest BCUT2D eigenvalue weighted by atomic mass is 19.4. The molecule has 1 aliphatic heterocycles. The minimum atomic E-state index is -4.47. The van der Waals surface area contributed by atoms with Crippen molar-refractivity contribution in [1.29, 1.82) is 0 Å². The number of hydrogen-bond acceptors (Lipinski definition) is 2. The summed E-state index contributed by atoms with van der Waals surface area (Å²) in [4.78, 5) is 24.6. The van der Waals surface area contributed by atoms with Crippen molar-refractivity contribution >= 4 is 23.3 Å². The number of anilines is 2. The predicted molar refractivity (Wildman–Crippen MR) is 95.5 cm³/mol. The number of nitrogens with zero attached hydrogens (tertiary/aromatic N) is 1. The van der Waals surface area contributed by atoms with Crippen molar-refractivity contribution in [1.82, 2.24) is 5.32 Å². The average Bonchev–Trinajstić information content (AvgIpc) is 2.62. The number of alkyl halides is 3. The Bertz CT molecular complexity index is 838. The maximum Gasteiger partial charge on any atom is 0.406 e. The van der Waals surface area contributed by atoms with Gasteiger partial charge in [-0.05, 0) is 35.7 Å². The summed E-state index contributed by atoms with van der Waals surface area (Å²) in [5, 5.41) is 5.37. The Hall–Kier alpha value is -3.03. The van der Waals surface area contributed by atoms with Gasteiger partial charge in [0.05, 0.1) is 0 Å². The number of halogens is 3. The lowest BCUT2D eigenvalue weighted by molar-refractivity contribution is -0.132. The molecule has 3 rings (SSSR count). The molecule has 3 amide bonds. The van der Waals surface area contributed by atoms with Crippen molar-refractivity contribution in [2.45, 2.75) is 25.6 Å². The van der Waals surface area contributed by atoms with E-state index in [9.17, 15) is 22.8 Å². The summed E-state index contributed by atoms with van der Waals surface area (Å²) >= 11 is 0. The van der Waals surface area contributed by atoms with Crippen LogP contribution in [0.5, 0.6) is 0 Å². The summed E-state index contributed by atoms with van der Waals surface area (Å²) in [5.74, 6) is -0.555. The van der Waals surface area contributed by atoms with E-state index in [1.165, 1.54) is 12.1 Å². The first kappa shape index (κ1) is 18.8. The largest absolute Gasteiger partial charge is 0.406 e. The van der Waals surface area contributed by atoms with E-state index in [0.717, 1.165) is 10.5 Å². The molecule has 0 saturated heterocycles. The van der Waals surface area contributed by atoms with Crippen LogP contribution in [0.1, 0.15) is 17.5 Å². The van der Waals surface area contributed by atoms with E-state index in [2.05, 4.69) is 10.6 Å². The molecule has 0 bridgehead atoms. The molecule has 2 aromatic carbocycles. The molecule has 0 saturated carbocycles. The molecule has 0 fully saturated rings. The van der Waals surface area contributed by atoms with Gasteiger partial charge >= 0.3 is 12.2 Å². The van der Waals surface area contributed by atoms with Gasteiger partial charge in [0.25, 0.3) is 0 Å². The number of amides is 3. The maximum absolute atomic E-state index is 12.7. The molecule has 0 atom stereocenters. The van der Waals surface area contributed by atoms with E-state index in [4.69, 9.17) is 0 Å². The Morgan fingerprint density at radius 2 is 1.81 bits per heavy atom. The van der Waals surface area contributed by atoms with Crippen molar-refractivity contribution in [3.8, 4) is 0 Å². The number of rotatable bonds is 4. The Kier molecular flexibility index (Phi) is 5.34. The summed E-state index contributed by atoms with van der Waals surface area (Å²) in [6.45, 7) is -0.964. The summed E-state index contributed by atoms with van der Waals surface area (Å²) in [5.41, 5.74) is 2.23. The second kappa shape index (κ2) is 7.69. The second-order valence-electron chi connectivity index (χ2n) is 6.23. The molecular weight excluding hydrogens is 359 g/mol. The minimum absolute atomic E-state index is 0.00668. The number of urea groups is 1. The first-order chi connectivity index (χ1) is 12.8. The highest BCUT2D eigenvalue weighted by Gasteiger charge is 2.36. The van der Waals surface area contributed by atoms with Gasteiger partial charge in [0.2, 0.25) is 5.91 Å². The number of nitrogens with one attached hydrogen (secondary N) is 2. The number of carbonyl (C=O) groups is 2. The summed E-state index contributed by atoms with van der Waals surface area (Å²) < 4.78 is 38.2. The Labute approximate surface area is 154 Å². The number of hydrogen-bond donors (Lipinski definition) is 2. The van der Waals surface area contributed by atoms with E-state index in [-0.39, 0.29) is 12.1 Å². The van der Waals surface area contributed by atoms with Gasteiger partial charge in [-0.1, -0.05) is 30.3 Å². The zero-order chi connectivity index (χ0) is 19.4. The van der Waals surface area contributed by atoms with Gasteiger partial charge < -0.3 is 15.5 Å². The zero-order valence-corrected chi connectivity index (χ0v) is 14.3. The van der Waals surface area contributed by atoms with Crippen molar-refractivity contribution in [3.05, 3.63) is 59.7 Å². The van der Waals surface area contributed by atoms with Crippen LogP contribution in [0.2, 0.25) is 0 Å². The fourth-order valence-electron chi connectivity index (χ4n) is 2.94. The van der Waals surface area contributed by atoms with Crippen LogP contribution in [0.3, 0.4) is 0 Å². The van der Waals surface area contributed by atoms with E-state index >= 15 is 0 Å². The first-order valence-corrected chi connectivity index (χ1v) is 8.41. The van der Waals surface area contributed by atoms with Crippen LogP contribution in [0.25, 0.3) is 0 Å². The number of carbonyl (C=O) groups excluding carboxylic acids is 2. The van der Waals surface area contributed by atoms with Gasteiger partial charge in [0, 0.05) is 24.3 Å². The minimum Gasteiger partial charge on any atom is -0.334 e. The lowest BCUT2D eigenvalue weighted by Gasteiger charge is -2.30. The molecule has 2 aromatic rings. The van der Waals surface area contributed by atoms with E-state index in [1.54, 1.807) is 6.07 Å². The van der Waals surface area contributed by atoms with Crippen LogP contribution in [0.4, 0.5) is 29.3 Å². The van der Waals surface area contributed by atoms with Crippen molar-refractivity contribution in [3.63, 3.8) is 0 Å². The fraction of sp³-hybridized carbons (Fsp3) is 0.263. The average molecular weight is 377 g/mol. The van der Waals surface area contributed by atoms with Crippen molar-refractivity contribution in [2.24, 2.45) is 0 Å². The number of benzene rings is 2. The topological polar surface area (TPSA) is 61.4 Å². The molecule has 1 aliphatic rings. The lowest BCUT2D eigenvalue weighted by atomic mass is 10.0. The van der Waals surface area contributed by atoms with Gasteiger partial charge in [-0.15, -0.1) is 0 Å². The van der Waals surface area contributed by atoms with Crippen LogP contribution < -0.4 is 15.5 Å². The molecule has 142 valence electrons. The van der Waals surface area contributed by atoms with Crippen molar-refractivity contribution < 1.29 is 22.8 Å². The van der Waals surface area contributed by atoms with Crippen LogP contribution in [-0.2, 0) is 17.8 Å². The van der Waals surface area contributed by atoms with Crippen LogP contribution in [-0.4, -0.2) is 24.7 Å². The van der Waals surface area contributed by atoms with Crippen molar-refractivity contribution in [2.75, 3.05) is 16.8 Å². The molecule has 2 N–H and O–H groups in total. The maximum atomic E-state index is 12.7. The number of fused-ring (bicyclic) bond motifs is 1. The van der Waals surface area contributed by atoms with Gasteiger partial charge in [-0.25, -0.2) is 4.79 Å². The predicted octanol–water partition coefficient (Wildman–Crippen LogP) is 3.85. The van der Waals surface area contributed by atoms with Gasteiger partial charge in [0.15, 0.2) is 0 Å². The Balaban J connectivity index is 1.66. The molecule has 0 radical (unpaired) electrons.